The molecule has 39 heavy (non-hydrogen) atoms. The lowest BCUT2D eigenvalue weighted by Crippen LogP contribution is -2.50. The summed E-state index contributed by atoms with van der Waals surface area (Å²) in [5.41, 5.74) is 5.55. The van der Waals surface area contributed by atoms with Crippen molar-refractivity contribution in [2.24, 2.45) is 0 Å². The van der Waals surface area contributed by atoms with Gasteiger partial charge in [-0.3, -0.25) is 14.2 Å². The minimum Gasteiger partial charge on any atom is -0.465 e. The number of anilines is 1. The lowest BCUT2D eigenvalue weighted by Gasteiger charge is -2.32. The van der Waals surface area contributed by atoms with Crippen molar-refractivity contribution in [2.75, 3.05) is 18.7 Å². The Kier molecular flexibility index (Phi) is 12.3. The Morgan fingerprint density at radius 1 is 1.13 bits per heavy atom. The second-order valence-electron chi connectivity index (χ2n) is 10.4. The highest BCUT2D eigenvalue weighted by molar-refractivity contribution is 7.59. The highest BCUT2D eigenvalue weighted by atomic mass is 31.2. The number of unbranched alkanes of at least 4 members (excludes halogenated alkanes) is 3. The van der Waals surface area contributed by atoms with E-state index in [-0.39, 0.29) is 24.9 Å². The third-order valence-electron chi connectivity index (χ3n) is 5.74. The fraction of sp³-hybridized carbons (Fsp3) is 0.720. The number of hydrogen-bond acceptors (Lipinski definition) is 10. The molecule has 2 aromatic rings. The number of rotatable bonds is 17. The summed E-state index contributed by atoms with van der Waals surface area (Å²) >= 11 is 0. The molecule has 0 aliphatic heterocycles. The van der Waals surface area contributed by atoms with E-state index in [0.29, 0.717) is 17.7 Å². The number of nitrogens with two attached hydrogens (primary N) is 1. The zero-order valence-corrected chi connectivity index (χ0v) is 25.0. The normalized spacial score (nSPS) is 15.2. The Labute approximate surface area is 230 Å². The lowest BCUT2D eigenvalue weighted by molar-refractivity contribution is -0.153. The number of ether oxygens (including phenoxy) is 3. The number of hydrogen-bond donors (Lipinski definition) is 3. The van der Waals surface area contributed by atoms with Crippen LogP contribution in [0.15, 0.2) is 12.7 Å². The van der Waals surface area contributed by atoms with Gasteiger partial charge in [-0.2, -0.15) is 0 Å². The number of nitrogens with zero attached hydrogens (tertiary/aromatic N) is 4. The molecule has 220 valence electrons. The quantitative estimate of drug-likeness (QED) is 0.144. The summed E-state index contributed by atoms with van der Waals surface area (Å²) in [6.45, 7) is 12.7. The van der Waals surface area contributed by atoms with Crippen LogP contribution in [0, 0.1) is 0 Å². The van der Waals surface area contributed by atoms with Crippen molar-refractivity contribution >= 4 is 36.4 Å². The van der Waals surface area contributed by atoms with E-state index in [1.54, 1.807) is 52.4 Å². The SMILES string of the molecule is CCCCCCOC(=O)[C@@H](C)N[P@@](=O)(CO[C@H](C)Cn1cnc2c(N)ncnc21)NC(C)(C)C(=O)OC(C)C. The van der Waals surface area contributed by atoms with E-state index in [0.717, 1.165) is 25.7 Å². The van der Waals surface area contributed by atoms with Crippen LogP contribution in [0.5, 0.6) is 0 Å². The summed E-state index contributed by atoms with van der Waals surface area (Å²) in [6.07, 6.45) is 5.69. The van der Waals surface area contributed by atoms with Crippen molar-refractivity contribution in [1.29, 1.82) is 0 Å². The van der Waals surface area contributed by atoms with Gasteiger partial charge in [0.2, 0.25) is 7.44 Å². The topological polar surface area (TPSA) is 173 Å². The molecule has 0 saturated heterocycles. The smallest absolute Gasteiger partial charge is 0.326 e. The van der Waals surface area contributed by atoms with Crippen molar-refractivity contribution in [3.63, 3.8) is 0 Å². The van der Waals surface area contributed by atoms with E-state index in [1.807, 2.05) is 0 Å². The number of imidazole rings is 1. The number of carbonyl (C=O) groups excluding carboxylic acids is 2. The summed E-state index contributed by atoms with van der Waals surface area (Å²) in [6, 6.07) is -0.914. The molecule has 0 bridgehead atoms. The molecule has 0 aromatic carbocycles. The van der Waals surface area contributed by atoms with E-state index >= 15 is 0 Å². The van der Waals surface area contributed by atoms with Crippen molar-refractivity contribution in [2.45, 2.75) is 104 Å². The average Bonchev–Trinajstić information content (AvgIpc) is 3.25. The summed E-state index contributed by atoms with van der Waals surface area (Å²) in [4.78, 5) is 37.7. The molecule has 0 radical (unpaired) electrons. The fourth-order valence-electron chi connectivity index (χ4n) is 3.75. The third kappa shape index (κ3) is 10.1. The van der Waals surface area contributed by atoms with Crippen LogP contribution in [0.4, 0.5) is 5.82 Å². The molecule has 0 spiro atoms. The van der Waals surface area contributed by atoms with Crippen LogP contribution < -0.4 is 15.9 Å². The van der Waals surface area contributed by atoms with Crippen LogP contribution in [0.2, 0.25) is 0 Å². The number of nitrogen functional groups attached to an aromatic ring is 1. The number of fused-ring (bicyclic) bond motifs is 1. The van der Waals surface area contributed by atoms with Gasteiger partial charge in [0.05, 0.1) is 31.7 Å². The third-order valence-corrected chi connectivity index (χ3v) is 7.97. The van der Waals surface area contributed by atoms with Gasteiger partial charge in [0.1, 0.15) is 29.8 Å². The number of esters is 2. The first kappa shape index (κ1) is 32.6. The van der Waals surface area contributed by atoms with Gasteiger partial charge in [0.15, 0.2) is 11.5 Å². The van der Waals surface area contributed by atoms with Gasteiger partial charge in [-0.1, -0.05) is 26.2 Å². The van der Waals surface area contributed by atoms with E-state index in [4.69, 9.17) is 19.9 Å². The van der Waals surface area contributed by atoms with Crippen molar-refractivity contribution in [1.82, 2.24) is 29.7 Å². The highest BCUT2D eigenvalue weighted by Gasteiger charge is 2.39. The number of carbonyl (C=O) groups is 2. The van der Waals surface area contributed by atoms with Crippen LogP contribution in [0.3, 0.4) is 0 Å². The predicted molar refractivity (Wildman–Crippen MR) is 149 cm³/mol. The maximum absolute atomic E-state index is 14.1. The maximum atomic E-state index is 14.1. The second-order valence-corrected chi connectivity index (χ2v) is 12.7. The first-order valence-corrected chi connectivity index (χ1v) is 15.2. The standard InChI is InChI=1S/C25H44N7O6P/c1-8-9-10-11-12-36-23(33)19(5)30-39(35,31-25(6,7)24(34)38-17(2)3)16-37-18(4)13-32-15-29-20-21(26)27-14-28-22(20)32/h14-15,17-19H,8-13,16H2,1-7H3,(H2,26,27,28)(H2,30,31,35)/t18-,19-,39+/m1/s1. The Morgan fingerprint density at radius 3 is 2.51 bits per heavy atom. The maximum Gasteiger partial charge on any atom is 0.326 e. The minimum atomic E-state index is -3.69. The highest BCUT2D eigenvalue weighted by Crippen LogP contribution is 2.40. The van der Waals surface area contributed by atoms with Crippen LogP contribution in [0.1, 0.15) is 74.1 Å². The molecule has 2 rings (SSSR count). The Morgan fingerprint density at radius 2 is 1.85 bits per heavy atom. The molecule has 0 aliphatic carbocycles. The average molecular weight is 570 g/mol. The largest absolute Gasteiger partial charge is 0.465 e. The molecule has 2 aromatic heterocycles. The minimum absolute atomic E-state index is 0.270. The van der Waals surface area contributed by atoms with Gasteiger partial charge in [-0.25, -0.2) is 25.1 Å². The monoisotopic (exact) mass is 569 g/mol. The summed E-state index contributed by atoms with van der Waals surface area (Å²) < 4.78 is 32.5. The van der Waals surface area contributed by atoms with Crippen molar-refractivity contribution in [3.05, 3.63) is 12.7 Å². The van der Waals surface area contributed by atoms with Gasteiger partial charge in [0.25, 0.3) is 0 Å². The first-order valence-electron chi connectivity index (χ1n) is 13.3. The van der Waals surface area contributed by atoms with Gasteiger partial charge in [-0.05, 0) is 48.0 Å². The molecule has 0 fully saturated rings. The molecule has 0 amide bonds. The molecule has 3 atom stereocenters. The predicted octanol–water partition coefficient (Wildman–Crippen LogP) is 3.39. The van der Waals surface area contributed by atoms with Crippen LogP contribution in [-0.2, 0) is 34.9 Å². The van der Waals surface area contributed by atoms with Gasteiger partial charge in [-0.15, -0.1) is 0 Å². The zero-order chi connectivity index (χ0) is 29.2. The Bertz CT molecular complexity index is 1140. The van der Waals surface area contributed by atoms with Gasteiger partial charge < -0.3 is 24.5 Å². The van der Waals surface area contributed by atoms with Gasteiger partial charge in [0, 0.05) is 0 Å². The van der Waals surface area contributed by atoms with Crippen molar-refractivity contribution in [3.8, 4) is 0 Å². The van der Waals surface area contributed by atoms with Crippen molar-refractivity contribution < 1.29 is 28.4 Å². The van der Waals surface area contributed by atoms with E-state index < -0.39 is 37.1 Å². The molecule has 14 heteroatoms. The molecule has 4 N–H and O–H groups in total. The lowest BCUT2D eigenvalue weighted by atomic mass is 10.1. The van der Waals surface area contributed by atoms with E-state index in [2.05, 4.69) is 32.1 Å². The molecular formula is C25H44N7O6P. The van der Waals surface area contributed by atoms with Gasteiger partial charge >= 0.3 is 11.9 Å². The van der Waals surface area contributed by atoms with Crippen LogP contribution >= 0.6 is 7.44 Å². The second kappa shape index (κ2) is 14.7. The summed E-state index contributed by atoms with van der Waals surface area (Å²) in [7, 11) is -3.69. The Hall–Kier alpha value is -2.60. The molecular weight excluding hydrogens is 525 g/mol. The van der Waals surface area contributed by atoms with E-state index in [1.165, 1.54) is 6.33 Å². The van der Waals surface area contributed by atoms with Crippen LogP contribution in [0.25, 0.3) is 11.2 Å². The number of nitrogens with one attached hydrogen (secondary N) is 2. The fourth-order valence-corrected chi connectivity index (χ4v) is 6.14. The summed E-state index contributed by atoms with van der Waals surface area (Å²) in [5.74, 6) is -0.848. The molecule has 2 heterocycles. The number of aromatic nitrogens is 4. The molecule has 13 nitrogen and oxygen atoms in total. The Balaban J connectivity index is 2.12. The molecule has 0 unspecified atom stereocenters. The first-order chi connectivity index (χ1) is 18.3. The zero-order valence-electron chi connectivity index (χ0n) is 24.1. The summed E-state index contributed by atoms with van der Waals surface area (Å²) in [5, 5.41) is 5.72. The van der Waals surface area contributed by atoms with Crippen LogP contribution in [-0.4, -0.2) is 68.2 Å². The molecule has 0 saturated carbocycles. The van der Waals surface area contributed by atoms with E-state index in [9.17, 15) is 14.2 Å². The molecule has 0 aliphatic rings.